The highest BCUT2D eigenvalue weighted by Crippen LogP contribution is 2.28. The summed E-state index contributed by atoms with van der Waals surface area (Å²) in [6, 6.07) is 2.42. The number of carboxylic acid groups (broad SMARTS) is 1. The smallest absolute Gasteiger partial charge is 0.340 e. The SMILES string of the molecule is CC[C@H](NC(=O)Cc1c(C)c2cc3c(C)coc3cc2oc1=O)C(=O)[O-]. The maximum Gasteiger partial charge on any atom is 0.340 e. The Morgan fingerprint density at radius 2 is 1.92 bits per heavy atom. The molecule has 2 aromatic heterocycles. The molecule has 1 amide bonds. The molecule has 1 aromatic carbocycles. The Bertz CT molecular complexity index is 1070. The van der Waals surface area contributed by atoms with Crippen LogP contribution in [0.15, 0.2) is 32.0 Å². The van der Waals surface area contributed by atoms with E-state index in [1.165, 1.54) is 0 Å². The van der Waals surface area contributed by atoms with E-state index in [1.807, 2.05) is 13.0 Å². The molecule has 2 heterocycles. The summed E-state index contributed by atoms with van der Waals surface area (Å²) < 4.78 is 10.8. The van der Waals surface area contributed by atoms with Crippen LogP contribution in [-0.4, -0.2) is 17.9 Å². The first-order chi connectivity index (χ1) is 12.3. The second-order valence-corrected chi connectivity index (χ2v) is 6.28. The highest BCUT2D eigenvalue weighted by atomic mass is 16.4. The van der Waals surface area contributed by atoms with E-state index in [1.54, 1.807) is 26.2 Å². The summed E-state index contributed by atoms with van der Waals surface area (Å²) in [5, 5.41) is 14.9. The topological polar surface area (TPSA) is 113 Å². The lowest BCUT2D eigenvalue weighted by molar-refractivity contribution is -0.308. The van der Waals surface area contributed by atoms with E-state index in [4.69, 9.17) is 8.83 Å². The number of aryl methyl sites for hydroxylation is 2. The van der Waals surface area contributed by atoms with Crippen LogP contribution in [0.5, 0.6) is 0 Å². The number of benzene rings is 1. The molecule has 7 nitrogen and oxygen atoms in total. The lowest BCUT2D eigenvalue weighted by atomic mass is 10.0. The third kappa shape index (κ3) is 3.08. The molecule has 0 aliphatic heterocycles. The predicted octanol–water partition coefficient (Wildman–Crippen LogP) is 1.34. The molecule has 0 aliphatic carbocycles. The van der Waals surface area contributed by atoms with Crippen LogP contribution in [0.25, 0.3) is 21.9 Å². The highest BCUT2D eigenvalue weighted by molar-refractivity contribution is 5.96. The van der Waals surface area contributed by atoms with Gasteiger partial charge in [-0.2, -0.15) is 0 Å². The first kappa shape index (κ1) is 17.7. The minimum atomic E-state index is -1.36. The van der Waals surface area contributed by atoms with E-state index < -0.39 is 23.5 Å². The summed E-state index contributed by atoms with van der Waals surface area (Å²) in [5.74, 6) is -1.93. The van der Waals surface area contributed by atoms with Gasteiger partial charge in [0.1, 0.15) is 11.2 Å². The maximum absolute atomic E-state index is 12.3. The predicted molar refractivity (Wildman–Crippen MR) is 92.7 cm³/mol. The van der Waals surface area contributed by atoms with E-state index in [-0.39, 0.29) is 18.4 Å². The normalized spacial score (nSPS) is 12.4. The van der Waals surface area contributed by atoms with Gasteiger partial charge in [-0.3, -0.25) is 4.79 Å². The fourth-order valence-corrected chi connectivity index (χ4v) is 2.98. The van der Waals surface area contributed by atoms with Crippen molar-refractivity contribution in [2.24, 2.45) is 0 Å². The quantitative estimate of drug-likeness (QED) is 0.690. The molecule has 0 spiro atoms. The van der Waals surface area contributed by atoms with Gasteiger partial charge in [0.15, 0.2) is 0 Å². The number of fused-ring (bicyclic) bond motifs is 2. The van der Waals surface area contributed by atoms with Crippen LogP contribution in [-0.2, 0) is 16.0 Å². The van der Waals surface area contributed by atoms with Crippen molar-refractivity contribution in [3.05, 3.63) is 45.5 Å². The molecule has 136 valence electrons. The van der Waals surface area contributed by atoms with E-state index in [0.29, 0.717) is 22.1 Å². The molecule has 0 fully saturated rings. The van der Waals surface area contributed by atoms with Crippen molar-refractivity contribution < 1.29 is 23.5 Å². The van der Waals surface area contributed by atoms with Crippen LogP contribution < -0.4 is 16.0 Å². The average Bonchev–Trinajstić information content (AvgIpc) is 2.95. The molecular weight excluding hydrogens is 338 g/mol. The van der Waals surface area contributed by atoms with Crippen molar-refractivity contribution in [3.63, 3.8) is 0 Å². The first-order valence-electron chi connectivity index (χ1n) is 8.26. The molecule has 0 aliphatic rings. The Balaban J connectivity index is 2.01. The third-order valence-corrected chi connectivity index (χ3v) is 4.54. The lowest BCUT2D eigenvalue weighted by Gasteiger charge is -2.18. The summed E-state index contributed by atoms with van der Waals surface area (Å²) in [6.45, 7) is 5.26. The van der Waals surface area contributed by atoms with Crippen LogP contribution >= 0.6 is 0 Å². The molecule has 3 rings (SSSR count). The molecule has 26 heavy (non-hydrogen) atoms. The fourth-order valence-electron chi connectivity index (χ4n) is 2.98. The van der Waals surface area contributed by atoms with Gasteiger partial charge in [-0.1, -0.05) is 6.92 Å². The van der Waals surface area contributed by atoms with Gasteiger partial charge >= 0.3 is 5.63 Å². The zero-order valence-electron chi connectivity index (χ0n) is 14.7. The Morgan fingerprint density at radius 1 is 1.19 bits per heavy atom. The van der Waals surface area contributed by atoms with Crippen molar-refractivity contribution in [1.29, 1.82) is 0 Å². The molecule has 0 radical (unpaired) electrons. The van der Waals surface area contributed by atoms with Crippen molar-refractivity contribution in [1.82, 2.24) is 5.32 Å². The van der Waals surface area contributed by atoms with Gasteiger partial charge in [0.2, 0.25) is 5.91 Å². The second kappa shape index (κ2) is 6.67. The maximum atomic E-state index is 12.3. The lowest BCUT2D eigenvalue weighted by Crippen LogP contribution is -2.48. The number of carbonyl (C=O) groups excluding carboxylic acids is 2. The summed E-state index contributed by atoms with van der Waals surface area (Å²) in [7, 11) is 0. The van der Waals surface area contributed by atoms with Crippen LogP contribution in [0.2, 0.25) is 0 Å². The van der Waals surface area contributed by atoms with Gasteiger partial charge in [-0.15, -0.1) is 0 Å². The van der Waals surface area contributed by atoms with E-state index in [9.17, 15) is 19.5 Å². The Labute approximate surface area is 148 Å². The molecule has 3 aromatic rings. The molecule has 1 N–H and O–H groups in total. The molecular formula is C19H18NO6-. The fraction of sp³-hybridized carbons (Fsp3) is 0.316. The third-order valence-electron chi connectivity index (χ3n) is 4.54. The number of carboxylic acids is 1. The molecule has 0 unspecified atom stereocenters. The average molecular weight is 356 g/mol. The van der Waals surface area contributed by atoms with Crippen molar-refractivity contribution >= 4 is 33.8 Å². The Morgan fingerprint density at radius 3 is 2.58 bits per heavy atom. The minimum absolute atomic E-state index is 0.192. The van der Waals surface area contributed by atoms with Gasteiger partial charge in [0.25, 0.3) is 0 Å². The molecule has 1 atom stereocenters. The van der Waals surface area contributed by atoms with E-state index >= 15 is 0 Å². The van der Waals surface area contributed by atoms with Gasteiger partial charge in [0.05, 0.1) is 30.3 Å². The number of hydrogen-bond acceptors (Lipinski definition) is 6. The molecule has 0 saturated carbocycles. The number of rotatable bonds is 5. The van der Waals surface area contributed by atoms with Gasteiger partial charge in [-0.05, 0) is 37.5 Å². The summed E-state index contributed by atoms with van der Waals surface area (Å²) in [4.78, 5) is 35.4. The number of nitrogens with one attached hydrogen (secondary N) is 1. The standard InChI is InChI=1S/C19H19NO6/c1-4-14(18(22)23)20-17(21)6-13-10(3)12-5-11-9(2)8-25-15(11)7-16(12)26-19(13)24/h5,7-8,14H,4,6H2,1-3H3,(H,20,21)(H,22,23)/p-1/t14-/m0/s1. The summed E-state index contributed by atoms with van der Waals surface area (Å²) in [5.41, 5.74) is 2.13. The number of aliphatic carboxylic acids is 1. The largest absolute Gasteiger partial charge is 0.548 e. The zero-order chi connectivity index (χ0) is 19.0. The first-order valence-corrected chi connectivity index (χ1v) is 8.26. The van der Waals surface area contributed by atoms with Crippen molar-refractivity contribution in [3.8, 4) is 0 Å². The molecule has 0 saturated heterocycles. The zero-order valence-corrected chi connectivity index (χ0v) is 14.7. The van der Waals surface area contributed by atoms with Gasteiger partial charge < -0.3 is 24.1 Å². The number of carbonyl (C=O) groups is 2. The molecule has 0 bridgehead atoms. The summed E-state index contributed by atoms with van der Waals surface area (Å²) in [6.07, 6.45) is 1.55. The van der Waals surface area contributed by atoms with Crippen LogP contribution in [0.4, 0.5) is 0 Å². The van der Waals surface area contributed by atoms with Crippen LogP contribution in [0.1, 0.15) is 30.0 Å². The molecule has 7 heteroatoms. The monoisotopic (exact) mass is 356 g/mol. The van der Waals surface area contributed by atoms with Crippen molar-refractivity contribution in [2.45, 2.75) is 39.7 Å². The number of hydrogen-bond donors (Lipinski definition) is 1. The van der Waals surface area contributed by atoms with Gasteiger partial charge in [-0.25, -0.2) is 4.79 Å². The summed E-state index contributed by atoms with van der Waals surface area (Å²) >= 11 is 0. The van der Waals surface area contributed by atoms with Crippen LogP contribution in [0.3, 0.4) is 0 Å². The minimum Gasteiger partial charge on any atom is -0.548 e. The Hall–Kier alpha value is -3.09. The number of furan rings is 1. The van der Waals surface area contributed by atoms with Crippen molar-refractivity contribution in [2.75, 3.05) is 0 Å². The number of amides is 1. The Kier molecular flexibility index (Phi) is 4.54. The second-order valence-electron chi connectivity index (χ2n) is 6.28. The van der Waals surface area contributed by atoms with Crippen LogP contribution in [0, 0.1) is 13.8 Å². The highest BCUT2D eigenvalue weighted by Gasteiger charge is 2.18. The van der Waals surface area contributed by atoms with E-state index in [2.05, 4.69) is 5.32 Å². The van der Waals surface area contributed by atoms with E-state index in [0.717, 1.165) is 10.9 Å². The van der Waals surface area contributed by atoms with Gasteiger partial charge in [0, 0.05) is 16.8 Å².